The molecule has 3 amide bonds. The summed E-state index contributed by atoms with van der Waals surface area (Å²) in [6, 6.07) is 6.39. The maximum Gasteiger partial charge on any atom is 0.254 e. The molecule has 0 aliphatic carbocycles. The Hall–Kier alpha value is -2.21. The number of carbonyl (C=O) groups is 3. The number of hydrogen-bond acceptors (Lipinski definition) is 4. The van der Waals surface area contributed by atoms with E-state index >= 15 is 0 Å². The highest BCUT2D eigenvalue weighted by atomic mass is 16.2. The van der Waals surface area contributed by atoms with Gasteiger partial charge in [0.1, 0.15) is 12.6 Å². The maximum absolute atomic E-state index is 12.3. The summed E-state index contributed by atoms with van der Waals surface area (Å²) in [5.41, 5.74) is 6.97. The molecule has 1 unspecified atom stereocenters. The highest BCUT2D eigenvalue weighted by Crippen LogP contribution is 2.12. The second kappa shape index (κ2) is 5.83. The number of rotatable bonds is 3. The van der Waals surface area contributed by atoms with Gasteiger partial charge in [-0.2, -0.15) is 0 Å². The summed E-state index contributed by atoms with van der Waals surface area (Å²) in [7, 11) is 0. The van der Waals surface area contributed by atoms with Crippen LogP contribution in [0.1, 0.15) is 22.8 Å². The second-order valence-corrected chi connectivity index (χ2v) is 4.76. The molecule has 1 atom stereocenters. The van der Waals surface area contributed by atoms with Crippen LogP contribution < -0.4 is 11.1 Å². The first-order valence-corrected chi connectivity index (χ1v) is 6.46. The van der Waals surface area contributed by atoms with Gasteiger partial charge in [-0.15, -0.1) is 0 Å². The van der Waals surface area contributed by atoms with E-state index in [1.54, 1.807) is 19.1 Å². The van der Waals surface area contributed by atoms with Crippen molar-refractivity contribution in [3.05, 3.63) is 35.4 Å². The number of imide groups is 1. The van der Waals surface area contributed by atoms with Crippen molar-refractivity contribution in [1.29, 1.82) is 0 Å². The molecule has 1 aromatic carbocycles. The van der Waals surface area contributed by atoms with Crippen molar-refractivity contribution in [2.24, 2.45) is 5.73 Å². The Morgan fingerprint density at radius 2 is 2.00 bits per heavy atom. The zero-order valence-corrected chi connectivity index (χ0v) is 11.3. The minimum atomic E-state index is -0.649. The van der Waals surface area contributed by atoms with Gasteiger partial charge in [0.15, 0.2) is 0 Å². The predicted molar refractivity (Wildman–Crippen MR) is 72.8 cm³/mol. The van der Waals surface area contributed by atoms with Gasteiger partial charge in [0.25, 0.3) is 5.91 Å². The first kappa shape index (κ1) is 14.2. The molecule has 0 saturated carbocycles. The van der Waals surface area contributed by atoms with E-state index in [0.717, 1.165) is 12.0 Å². The van der Waals surface area contributed by atoms with Crippen molar-refractivity contribution in [2.75, 3.05) is 13.1 Å². The second-order valence-electron chi connectivity index (χ2n) is 4.76. The van der Waals surface area contributed by atoms with Crippen molar-refractivity contribution in [3.8, 4) is 0 Å². The van der Waals surface area contributed by atoms with E-state index in [4.69, 9.17) is 5.73 Å². The molecule has 1 fully saturated rings. The van der Waals surface area contributed by atoms with Crippen LogP contribution in [-0.4, -0.2) is 41.8 Å². The largest absolute Gasteiger partial charge is 0.330 e. The molecule has 1 aliphatic heterocycles. The van der Waals surface area contributed by atoms with Gasteiger partial charge in [0.05, 0.1) is 0 Å². The van der Waals surface area contributed by atoms with Gasteiger partial charge in [-0.25, -0.2) is 0 Å². The van der Waals surface area contributed by atoms with Crippen LogP contribution in [0.3, 0.4) is 0 Å². The topological polar surface area (TPSA) is 92.5 Å². The molecule has 0 spiro atoms. The Morgan fingerprint density at radius 1 is 1.35 bits per heavy atom. The van der Waals surface area contributed by atoms with Gasteiger partial charge in [-0.05, 0) is 37.6 Å². The summed E-state index contributed by atoms with van der Waals surface area (Å²) in [5.74, 6) is -1.23. The van der Waals surface area contributed by atoms with Gasteiger partial charge in [-0.1, -0.05) is 12.1 Å². The van der Waals surface area contributed by atoms with Gasteiger partial charge in [0, 0.05) is 5.56 Å². The Bertz CT molecular complexity index is 539. The number of benzene rings is 1. The Morgan fingerprint density at radius 3 is 2.60 bits per heavy atom. The van der Waals surface area contributed by atoms with Crippen LogP contribution in [-0.2, 0) is 16.0 Å². The highest BCUT2D eigenvalue weighted by Gasteiger charge is 2.33. The van der Waals surface area contributed by atoms with Crippen LogP contribution in [0.4, 0.5) is 0 Å². The lowest BCUT2D eigenvalue weighted by Crippen LogP contribution is -2.58. The molecule has 0 aromatic heterocycles. The van der Waals surface area contributed by atoms with E-state index in [1.165, 1.54) is 4.90 Å². The summed E-state index contributed by atoms with van der Waals surface area (Å²) in [6.07, 6.45) is 0.746. The molecule has 0 radical (unpaired) electrons. The van der Waals surface area contributed by atoms with Crippen LogP contribution in [0.25, 0.3) is 0 Å². The van der Waals surface area contributed by atoms with Crippen molar-refractivity contribution in [1.82, 2.24) is 10.2 Å². The SMILES string of the molecule is CC1C(=O)NC(=O)CN1C(=O)c1ccc(CCN)cc1. The zero-order valence-electron chi connectivity index (χ0n) is 11.3. The van der Waals surface area contributed by atoms with Gasteiger partial charge in [0.2, 0.25) is 11.8 Å². The van der Waals surface area contributed by atoms with Crippen molar-refractivity contribution >= 4 is 17.7 Å². The zero-order chi connectivity index (χ0) is 14.7. The van der Waals surface area contributed by atoms with E-state index in [0.29, 0.717) is 12.1 Å². The van der Waals surface area contributed by atoms with E-state index in [-0.39, 0.29) is 12.5 Å². The normalized spacial score (nSPS) is 18.9. The lowest BCUT2D eigenvalue weighted by molar-refractivity contribution is -0.138. The Kier molecular flexibility index (Phi) is 4.14. The smallest absolute Gasteiger partial charge is 0.254 e. The number of amides is 3. The Balaban J connectivity index is 2.17. The number of nitrogens with two attached hydrogens (primary N) is 1. The monoisotopic (exact) mass is 275 g/mol. The molecule has 1 aromatic rings. The molecule has 0 bridgehead atoms. The maximum atomic E-state index is 12.3. The first-order valence-electron chi connectivity index (χ1n) is 6.46. The molecule has 3 N–H and O–H groups in total. The highest BCUT2D eigenvalue weighted by molar-refractivity contribution is 6.07. The van der Waals surface area contributed by atoms with E-state index in [2.05, 4.69) is 5.32 Å². The number of nitrogens with zero attached hydrogens (tertiary/aromatic N) is 1. The third-order valence-corrected chi connectivity index (χ3v) is 3.32. The lowest BCUT2D eigenvalue weighted by atomic mass is 10.1. The molecule has 1 saturated heterocycles. The van der Waals surface area contributed by atoms with Crippen molar-refractivity contribution in [2.45, 2.75) is 19.4 Å². The van der Waals surface area contributed by atoms with Crippen LogP contribution in [0.2, 0.25) is 0 Å². The minimum absolute atomic E-state index is 0.101. The molecule has 20 heavy (non-hydrogen) atoms. The number of nitrogens with one attached hydrogen (secondary N) is 1. The summed E-state index contributed by atoms with van der Waals surface area (Å²) in [5, 5.41) is 2.21. The summed E-state index contributed by atoms with van der Waals surface area (Å²) < 4.78 is 0. The fourth-order valence-corrected chi connectivity index (χ4v) is 2.11. The van der Waals surface area contributed by atoms with Gasteiger partial charge >= 0.3 is 0 Å². The van der Waals surface area contributed by atoms with Gasteiger partial charge in [-0.3, -0.25) is 19.7 Å². The number of hydrogen-bond donors (Lipinski definition) is 2. The molecule has 1 heterocycles. The molecule has 6 heteroatoms. The minimum Gasteiger partial charge on any atom is -0.330 e. The Labute approximate surface area is 116 Å². The van der Waals surface area contributed by atoms with Crippen molar-refractivity contribution in [3.63, 3.8) is 0 Å². The molecule has 2 rings (SSSR count). The van der Waals surface area contributed by atoms with Crippen LogP contribution in [0.15, 0.2) is 24.3 Å². The number of carbonyl (C=O) groups excluding carboxylic acids is 3. The number of piperazine rings is 1. The third-order valence-electron chi connectivity index (χ3n) is 3.32. The quantitative estimate of drug-likeness (QED) is 0.739. The molecule has 106 valence electrons. The molecule has 1 aliphatic rings. The third kappa shape index (κ3) is 2.85. The van der Waals surface area contributed by atoms with Crippen LogP contribution >= 0.6 is 0 Å². The summed E-state index contributed by atoms with van der Waals surface area (Å²) in [6.45, 7) is 2.05. The first-order chi connectivity index (χ1) is 9.52. The van der Waals surface area contributed by atoms with Crippen LogP contribution in [0, 0.1) is 0 Å². The molecular weight excluding hydrogens is 258 g/mol. The molecule has 6 nitrogen and oxygen atoms in total. The lowest BCUT2D eigenvalue weighted by Gasteiger charge is -2.31. The van der Waals surface area contributed by atoms with Crippen molar-refractivity contribution < 1.29 is 14.4 Å². The van der Waals surface area contributed by atoms with Crippen LogP contribution in [0.5, 0.6) is 0 Å². The standard InChI is InChI=1S/C14H17N3O3/c1-9-13(19)16-12(18)8-17(9)14(20)11-4-2-10(3-5-11)6-7-15/h2-5,9H,6-8,15H2,1H3,(H,16,18,19). The molecular formula is C14H17N3O3. The van der Waals surface area contributed by atoms with E-state index in [9.17, 15) is 14.4 Å². The fraction of sp³-hybridized carbons (Fsp3) is 0.357. The summed E-state index contributed by atoms with van der Waals surface area (Å²) in [4.78, 5) is 36.5. The van der Waals surface area contributed by atoms with Gasteiger partial charge < -0.3 is 10.6 Å². The summed E-state index contributed by atoms with van der Waals surface area (Å²) >= 11 is 0. The fourth-order valence-electron chi connectivity index (χ4n) is 2.11. The van der Waals surface area contributed by atoms with E-state index < -0.39 is 17.9 Å². The average molecular weight is 275 g/mol. The van der Waals surface area contributed by atoms with E-state index in [1.807, 2.05) is 12.1 Å². The average Bonchev–Trinajstić information content (AvgIpc) is 2.43. The predicted octanol–water partition coefficient (Wildman–Crippen LogP) is -0.325.